The van der Waals surface area contributed by atoms with E-state index in [1.165, 1.54) is 27.8 Å². The minimum atomic E-state index is -0.277. The van der Waals surface area contributed by atoms with Crippen LogP contribution in [0.5, 0.6) is 0 Å². The molecule has 0 N–H and O–H groups in total. The smallest absolute Gasteiger partial charge is 0.159 e. The normalized spacial score (nSPS) is 13.4. The van der Waals surface area contributed by atoms with Crippen molar-refractivity contribution in [3.63, 3.8) is 0 Å². The predicted octanol–water partition coefficient (Wildman–Crippen LogP) is 12.3. The SMILES string of the molecule is CC1(c2ccc3oc4c(N(c5ccccc5)c5ccc6c(c5)oc5ccccc56)cccc4c3c2)c2ccccc2-c2ccccc21. The van der Waals surface area contributed by atoms with Gasteiger partial charge in [-0.1, -0.05) is 103 Å². The van der Waals surface area contributed by atoms with Gasteiger partial charge in [0.1, 0.15) is 16.7 Å². The lowest BCUT2D eigenvalue weighted by Gasteiger charge is -2.28. The van der Waals surface area contributed by atoms with Crippen molar-refractivity contribution < 1.29 is 8.83 Å². The Morgan fingerprint density at radius 2 is 1.11 bits per heavy atom. The molecule has 1 aliphatic rings. The lowest BCUT2D eigenvalue weighted by Crippen LogP contribution is -2.22. The molecule has 2 heterocycles. The van der Waals surface area contributed by atoms with Crippen LogP contribution in [0, 0.1) is 0 Å². The van der Waals surface area contributed by atoms with Gasteiger partial charge in [-0.15, -0.1) is 0 Å². The van der Waals surface area contributed by atoms with Crippen LogP contribution in [-0.2, 0) is 5.41 Å². The molecule has 0 fully saturated rings. The Morgan fingerprint density at radius 3 is 1.91 bits per heavy atom. The van der Waals surface area contributed by atoms with E-state index >= 15 is 0 Å². The highest BCUT2D eigenvalue weighted by Crippen LogP contribution is 2.53. The van der Waals surface area contributed by atoms with Gasteiger partial charge in [0.05, 0.1) is 11.4 Å². The number of furan rings is 2. The second-order valence-corrected chi connectivity index (χ2v) is 12.6. The average molecular weight is 604 g/mol. The van der Waals surface area contributed by atoms with Crippen molar-refractivity contribution in [2.24, 2.45) is 0 Å². The van der Waals surface area contributed by atoms with E-state index in [1.807, 2.05) is 18.2 Å². The standard InChI is InChI=1S/C44H29NO2/c1-44(37-18-8-5-14-31(37)32-15-6-9-19-38(32)44)28-22-25-41-36(26-28)35-17-11-20-39(43(35)47-41)45(29-12-3-2-4-13-29)30-23-24-34-33-16-7-10-21-40(33)46-42(34)27-30/h2-27H,1H3. The molecule has 3 nitrogen and oxygen atoms in total. The van der Waals surface area contributed by atoms with Crippen molar-refractivity contribution in [3.8, 4) is 11.1 Å². The maximum Gasteiger partial charge on any atom is 0.159 e. The number of rotatable bonds is 4. The summed E-state index contributed by atoms with van der Waals surface area (Å²) in [6.45, 7) is 2.36. The molecule has 0 radical (unpaired) electrons. The van der Waals surface area contributed by atoms with Crippen molar-refractivity contribution in [1.82, 2.24) is 0 Å². The number of hydrogen-bond donors (Lipinski definition) is 0. The fraction of sp³-hybridized carbons (Fsp3) is 0.0455. The van der Waals surface area contributed by atoms with Crippen LogP contribution in [0.4, 0.5) is 17.1 Å². The van der Waals surface area contributed by atoms with E-state index in [1.54, 1.807) is 0 Å². The Bertz CT molecular complexity index is 2620. The first kappa shape index (κ1) is 26.2. The van der Waals surface area contributed by atoms with Gasteiger partial charge in [-0.3, -0.25) is 0 Å². The quantitative estimate of drug-likeness (QED) is 0.200. The van der Waals surface area contributed by atoms with Crippen molar-refractivity contribution in [3.05, 3.63) is 174 Å². The van der Waals surface area contributed by atoms with Gasteiger partial charge in [0.15, 0.2) is 5.58 Å². The Morgan fingerprint density at radius 1 is 0.447 bits per heavy atom. The van der Waals surface area contributed by atoms with E-state index in [9.17, 15) is 0 Å². The van der Waals surface area contributed by atoms with Crippen LogP contribution in [-0.4, -0.2) is 0 Å². The third-order valence-corrected chi connectivity index (χ3v) is 10.2. The number of benzene rings is 7. The summed E-state index contributed by atoms with van der Waals surface area (Å²) in [5.74, 6) is 0. The fourth-order valence-electron chi connectivity index (χ4n) is 7.89. The van der Waals surface area contributed by atoms with E-state index in [0.717, 1.165) is 60.9 Å². The summed E-state index contributed by atoms with van der Waals surface area (Å²) in [6, 6.07) is 56.0. The first-order chi connectivity index (χ1) is 23.2. The number of fused-ring (bicyclic) bond motifs is 9. The second-order valence-electron chi connectivity index (χ2n) is 12.6. The molecular formula is C44H29NO2. The Balaban J connectivity index is 1.18. The minimum Gasteiger partial charge on any atom is -0.456 e. The summed E-state index contributed by atoms with van der Waals surface area (Å²) in [7, 11) is 0. The Labute approximate surface area is 271 Å². The highest BCUT2D eigenvalue weighted by Gasteiger charge is 2.40. The lowest BCUT2D eigenvalue weighted by molar-refractivity contribution is 0.666. The Hall–Kier alpha value is -6.06. The van der Waals surface area contributed by atoms with E-state index in [2.05, 4.69) is 151 Å². The molecule has 3 heteroatoms. The van der Waals surface area contributed by atoms with Crippen LogP contribution in [0.25, 0.3) is 55.0 Å². The van der Waals surface area contributed by atoms with Gasteiger partial charge >= 0.3 is 0 Å². The predicted molar refractivity (Wildman–Crippen MR) is 193 cm³/mol. The van der Waals surface area contributed by atoms with Crippen LogP contribution in [0.1, 0.15) is 23.6 Å². The van der Waals surface area contributed by atoms with Crippen LogP contribution < -0.4 is 4.90 Å². The van der Waals surface area contributed by atoms with Crippen LogP contribution >= 0.6 is 0 Å². The van der Waals surface area contributed by atoms with Gasteiger partial charge in [0.25, 0.3) is 0 Å². The molecular weight excluding hydrogens is 574 g/mol. The van der Waals surface area contributed by atoms with E-state index in [0.29, 0.717) is 0 Å². The molecule has 0 atom stereocenters. The highest BCUT2D eigenvalue weighted by atomic mass is 16.3. The topological polar surface area (TPSA) is 29.5 Å². The number of para-hydroxylation sites is 3. The fourth-order valence-corrected chi connectivity index (χ4v) is 7.89. The number of hydrogen-bond acceptors (Lipinski definition) is 3. The number of anilines is 3. The zero-order valence-corrected chi connectivity index (χ0v) is 25.8. The van der Waals surface area contributed by atoms with Gasteiger partial charge < -0.3 is 13.7 Å². The van der Waals surface area contributed by atoms with Gasteiger partial charge in [-0.25, -0.2) is 0 Å². The molecule has 222 valence electrons. The molecule has 7 aromatic carbocycles. The van der Waals surface area contributed by atoms with E-state index in [4.69, 9.17) is 8.83 Å². The van der Waals surface area contributed by atoms with Crippen molar-refractivity contribution >= 4 is 60.9 Å². The number of nitrogens with zero attached hydrogens (tertiary/aromatic N) is 1. The summed E-state index contributed by atoms with van der Waals surface area (Å²) < 4.78 is 13.1. The van der Waals surface area contributed by atoms with Gasteiger partial charge in [0, 0.05) is 38.7 Å². The van der Waals surface area contributed by atoms with Gasteiger partial charge in [-0.2, -0.15) is 0 Å². The molecule has 2 aromatic heterocycles. The van der Waals surface area contributed by atoms with E-state index in [-0.39, 0.29) is 5.41 Å². The molecule has 10 rings (SSSR count). The highest BCUT2D eigenvalue weighted by molar-refractivity contribution is 6.11. The molecule has 0 spiro atoms. The third kappa shape index (κ3) is 3.68. The zero-order valence-electron chi connectivity index (χ0n) is 25.8. The second kappa shape index (κ2) is 9.72. The average Bonchev–Trinajstić information content (AvgIpc) is 3.78. The maximum atomic E-state index is 6.77. The van der Waals surface area contributed by atoms with Gasteiger partial charge in [0.2, 0.25) is 0 Å². The summed E-state index contributed by atoms with van der Waals surface area (Å²) in [4.78, 5) is 2.27. The molecule has 0 saturated carbocycles. The first-order valence-corrected chi connectivity index (χ1v) is 16.1. The lowest BCUT2D eigenvalue weighted by atomic mass is 9.74. The molecule has 0 unspecified atom stereocenters. The molecule has 0 aliphatic heterocycles. The summed E-state index contributed by atoms with van der Waals surface area (Å²) in [5.41, 5.74) is 12.8. The molecule has 47 heavy (non-hydrogen) atoms. The molecule has 9 aromatic rings. The van der Waals surface area contributed by atoms with Gasteiger partial charge in [-0.05, 0) is 83.3 Å². The van der Waals surface area contributed by atoms with Crippen molar-refractivity contribution in [2.75, 3.05) is 4.90 Å². The largest absolute Gasteiger partial charge is 0.456 e. The minimum absolute atomic E-state index is 0.277. The summed E-state index contributed by atoms with van der Waals surface area (Å²) >= 11 is 0. The molecule has 0 amide bonds. The zero-order chi connectivity index (χ0) is 31.1. The maximum absolute atomic E-state index is 6.77. The van der Waals surface area contributed by atoms with Crippen LogP contribution in [0.15, 0.2) is 167 Å². The first-order valence-electron chi connectivity index (χ1n) is 16.1. The third-order valence-electron chi connectivity index (χ3n) is 10.2. The van der Waals surface area contributed by atoms with Crippen LogP contribution in [0.3, 0.4) is 0 Å². The van der Waals surface area contributed by atoms with E-state index < -0.39 is 0 Å². The molecule has 0 bridgehead atoms. The van der Waals surface area contributed by atoms with Crippen molar-refractivity contribution in [2.45, 2.75) is 12.3 Å². The molecule has 0 saturated heterocycles. The molecule has 1 aliphatic carbocycles. The monoisotopic (exact) mass is 603 g/mol. The van der Waals surface area contributed by atoms with Crippen LogP contribution in [0.2, 0.25) is 0 Å². The summed E-state index contributed by atoms with van der Waals surface area (Å²) in [6.07, 6.45) is 0. The summed E-state index contributed by atoms with van der Waals surface area (Å²) in [5, 5.41) is 4.43. The van der Waals surface area contributed by atoms with Crippen molar-refractivity contribution in [1.29, 1.82) is 0 Å². The Kier molecular flexibility index (Phi) is 5.41.